The predicted octanol–water partition coefficient (Wildman–Crippen LogP) is 3.40. The molecule has 0 aliphatic carbocycles. The number of amides is 1. The molecule has 0 unspecified atom stereocenters. The SMILES string of the molecule is COc1ccc(N2C[C@@H](c3nc(-c4ccccc4F)no3)CC2=O)cc1. The summed E-state index contributed by atoms with van der Waals surface area (Å²) in [6.07, 6.45) is 0.269. The number of carbonyl (C=O) groups excluding carboxylic acids is 1. The second-order valence-electron chi connectivity index (χ2n) is 6.04. The van der Waals surface area contributed by atoms with Crippen LogP contribution in [0.15, 0.2) is 53.1 Å². The molecule has 1 aliphatic rings. The molecule has 1 amide bonds. The summed E-state index contributed by atoms with van der Waals surface area (Å²) < 4.78 is 24.3. The van der Waals surface area contributed by atoms with Gasteiger partial charge in [-0.05, 0) is 36.4 Å². The second-order valence-corrected chi connectivity index (χ2v) is 6.04. The monoisotopic (exact) mass is 353 g/mol. The predicted molar refractivity (Wildman–Crippen MR) is 92.4 cm³/mol. The number of aromatic nitrogens is 2. The van der Waals surface area contributed by atoms with Crippen molar-refractivity contribution in [2.75, 3.05) is 18.6 Å². The Labute approximate surface area is 149 Å². The third-order valence-electron chi connectivity index (χ3n) is 4.41. The van der Waals surface area contributed by atoms with Gasteiger partial charge in [0.25, 0.3) is 0 Å². The van der Waals surface area contributed by atoms with Gasteiger partial charge in [0.2, 0.25) is 17.6 Å². The molecule has 1 aliphatic heterocycles. The Morgan fingerprint density at radius 2 is 1.96 bits per heavy atom. The van der Waals surface area contributed by atoms with Crippen LogP contribution in [0.1, 0.15) is 18.2 Å². The summed E-state index contributed by atoms with van der Waals surface area (Å²) in [7, 11) is 1.59. The Balaban J connectivity index is 1.55. The molecule has 0 radical (unpaired) electrons. The summed E-state index contributed by atoms with van der Waals surface area (Å²) in [6.45, 7) is 0.435. The van der Waals surface area contributed by atoms with Crippen LogP contribution in [0, 0.1) is 5.82 Å². The first kappa shape index (κ1) is 16.3. The summed E-state index contributed by atoms with van der Waals surface area (Å²) in [5.41, 5.74) is 1.06. The number of anilines is 1. The first-order valence-electron chi connectivity index (χ1n) is 8.18. The van der Waals surface area contributed by atoms with Crippen molar-refractivity contribution in [2.45, 2.75) is 12.3 Å². The number of halogens is 1. The summed E-state index contributed by atoms with van der Waals surface area (Å²) in [4.78, 5) is 18.4. The average Bonchev–Trinajstić information content (AvgIpc) is 3.29. The minimum absolute atomic E-state index is 0.0224. The first-order valence-corrected chi connectivity index (χ1v) is 8.18. The van der Waals surface area contributed by atoms with E-state index in [0.29, 0.717) is 12.4 Å². The van der Waals surface area contributed by atoms with E-state index in [9.17, 15) is 9.18 Å². The molecule has 7 heteroatoms. The Morgan fingerprint density at radius 3 is 2.69 bits per heavy atom. The molecule has 3 aromatic rings. The highest BCUT2D eigenvalue weighted by Gasteiger charge is 2.35. The van der Waals surface area contributed by atoms with Crippen LogP contribution < -0.4 is 9.64 Å². The largest absolute Gasteiger partial charge is 0.497 e. The van der Waals surface area contributed by atoms with E-state index in [1.54, 1.807) is 42.3 Å². The number of ether oxygens (including phenoxy) is 1. The van der Waals surface area contributed by atoms with Gasteiger partial charge >= 0.3 is 0 Å². The highest BCUT2D eigenvalue weighted by molar-refractivity contribution is 5.96. The topological polar surface area (TPSA) is 68.5 Å². The van der Waals surface area contributed by atoms with Gasteiger partial charge in [-0.15, -0.1) is 0 Å². The minimum atomic E-state index is -0.415. The molecule has 1 saturated heterocycles. The summed E-state index contributed by atoms with van der Waals surface area (Å²) in [5.74, 6) is 0.593. The van der Waals surface area contributed by atoms with Crippen LogP contribution in [-0.2, 0) is 4.79 Å². The molecule has 2 aromatic carbocycles. The molecule has 0 N–H and O–H groups in total. The maximum atomic E-state index is 13.9. The molecule has 1 atom stereocenters. The smallest absolute Gasteiger partial charge is 0.232 e. The van der Waals surface area contributed by atoms with E-state index >= 15 is 0 Å². The third kappa shape index (κ3) is 2.92. The van der Waals surface area contributed by atoms with Crippen LogP contribution in [0.4, 0.5) is 10.1 Å². The zero-order valence-electron chi connectivity index (χ0n) is 14.1. The molecule has 26 heavy (non-hydrogen) atoms. The average molecular weight is 353 g/mol. The zero-order chi connectivity index (χ0) is 18.1. The molecule has 1 aromatic heterocycles. The van der Waals surface area contributed by atoms with E-state index in [4.69, 9.17) is 9.26 Å². The van der Waals surface area contributed by atoms with Gasteiger partial charge in [0.15, 0.2) is 0 Å². The van der Waals surface area contributed by atoms with Crippen LogP contribution in [0.2, 0.25) is 0 Å². The van der Waals surface area contributed by atoms with Gasteiger partial charge in [0.1, 0.15) is 11.6 Å². The number of methoxy groups -OCH3 is 1. The molecule has 4 rings (SSSR count). The maximum Gasteiger partial charge on any atom is 0.232 e. The molecule has 6 nitrogen and oxygen atoms in total. The minimum Gasteiger partial charge on any atom is -0.497 e. The third-order valence-corrected chi connectivity index (χ3v) is 4.41. The van der Waals surface area contributed by atoms with E-state index in [-0.39, 0.29) is 29.6 Å². The summed E-state index contributed by atoms with van der Waals surface area (Å²) in [5, 5.41) is 3.86. The number of benzene rings is 2. The normalized spacial score (nSPS) is 16.9. The van der Waals surface area contributed by atoms with Gasteiger partial charge in [-0.2, -0.15) is 4.98 Å². The zero-order valence-corrected chi connectivity index (χ0v) is 14.1. The Kier molecular flexibility index (Phi) is 4.12. The van der Waals surface area contributed by atoms with Gasteiger partial charge < -0.3 is 14.2 Å². The molecule has 132 valence electrons. The Bertz CT molecular complexity index is 939. The number of nitrogens with zero attached hydrogens (tertiary/aromatic N) is 3. The lowest BCUT2D eigenvalue weighted by Crippen LogP contribution is -2.24. The van der Waals surface area contributed by atoms with E-state index in [0.717, 1.165) is 11.4 Å². The highest BCUT2D eigenvalue weighted by atomic mass is 19.1. The van der Waals surface area contributed by atoms with Crippen molar-refractivity contribution < 1.29 is 18.4 Å². The quantitative estimate of drug-likeness (QED) is 0.719. The lowest BCUT2D eigenvalue weighted by Gasteiger charge is -2.16. The Hall–Kier alpha value is -3.22. The van der Waals surface area contributed by atoms with Crippen molar-refractivity contribution in [3.8, 4) is 17.1 Å². The van der Waals surface area contributed by atoms with Gasteiger partial charge in [0.05, 0.1) is 18.6 Å². The van der Waals surface area contributed by atoms with E-state index in [1.165, 1.54) is 6.07 Å². The van der Waals surface area contributed by atoms with Crippen molar-refractivity contribution in [1.82, 2.24) is 10.1 Å². The molecule has 1 fully saturated rings. The number of hydrogen-bond donors (Lipinski definition) is 0. The van der Waals surface area contributed by atoms with Crippen LogP contribution >= 0.6 is 0 Å². The van der Waals surface area contributed by atoms with Gasteiger partial charge in [-0.1, -0.05) is 17.3 Å². The molecule has 2 heterocycles. The lowest BCUT2D eigenvalue weighted by atomic mass is 10.1. The number of hydrogen-bond acceptors (Lipinski definition) is 5. The molecular formula is C19H16FN3O3. The van der Waals surface area contributed by atoms with Crippen LogP contribution in [0.25, 0.3) is 11.4 Å². The lowest BCUT2D eigenvalue weighted by molar-refractivity contribution is -0.117. The molecule has 0 saturated carbocycles. The Morgan fingerprint density at radius 1 is 1.19 bits per heavy atom. The van der Waals surface area contributed by atoms with Crippen molar-refractivity contribution in [3.63, 3.8) is 0 Å². The molecule has 0 bridgehead atoms. The maximum absolute atomic E-state index is 13.9. The molecule has 0 spiro atoms. The second kappa shape index (κ2) is 6.59. The van der Waals surface area contributed by atoms with Gasteiger partial charge in [-0.25, -0.2) is 4.39 Å². The van der Waals surface area contributed by atoms with Gasteiger partial charge in [0, 0.05) is 18.7 Å². The van der Waals surface area contributed by atoms with Crippen LogP contribution in [-0.4, -0.2) is 29.7 Å². The van der Waals surface area contributed by atoms with E-state index in [1.807, 2.05) is 12.1 Å². The van der Waals surface area contributed by atoms with Crippen molar-refractivity contribution in [1.29, 1.82) is 0 Å². The van der Waals surface area contributed by atoms with Crippen molar-refractivity contribution in [3.05, 3.63) is 60.2 Å². The van der Waals surface area contributed by atoms with Crippen LogP contribution in [0.3, 0.4) is 0 Å². The van der Waals surface area contributed by atoms with Gasteiger partial charge in [-0.3, -0.25) is 4.79 Å². The fraction of sp³-hybridized carbons (Fsp3) is 0.211. The van der Waals surface area contributed by atoms with Crippen LogP contribution in [0.5, 0.6) is 5.75 Å². The fourth-order valence-corrected chi connectivity index (χ4v) is 3.04. The molecular weight excluding hydrogens is 337 g/mol. The number of carbonyl (C=O) groups is 1. The first-order chi connectivity index (χ1) is 12.7. The standard InChI is InChI=1S/C19H16FN3O3/c1-25-14-8-6-13(7-9-14)23-11-12(10-17(23)24)19-21-18(22-26-19)15-4-2-3-5-16(15)20/h2-9,12H,10-11H2,1H3/t12-/m0/s1. The number of rotatable bonds is 4. The summed E-state index contributed by atoms with van der Waals surface area (Å²) in [6, 6.07) is 13.5. The van der Waals surface area contributed by atoms with Crippen molar-refractivity contribution >= 4 is 11.6 Å². The van der Waals surface area contributed by atoms with E-state index < -0.39 is 5.82 Å². The van der Waals surface area contributed by atoms with Crippen molar-refractivity contribution in [2.24, 2.45) is 0 Å². The fourth-order valence-electron chi connectivity index (χ4n) is 3.04. The highest BCUT2D eigenvalue weighted by Crippen LogP contribution is 2.32. The summed E-state index contributed by atoms with van der Waals surface area (Å²) >= 11 is 0. The van der Waals surface area contributed by atoms with E-state index in [2.05, 4.69) is 10.1 Å².